The van der Waals surface area contributed by atoms with Crippen LogP contribution < -0.4 is 33.2 Å². The normalized spacial score (nSPS) is 14.1. The summed E-state index contributed by atoms with van der Waals surface area (Å²) in [6.07, 6.45) is 5.76. The summed E-state index contributed by atoms with van der Waals surface area (Å²) in [4.78, 5) is 59.8. The van der Waals surface area contributed by atoms with Crippen molar-refractivity contribution in [2.45, 2.75) is 56.8 Å². The minimum atomic E-state index is -1.22. The zero-order chi connectivity index (χ0) is 26.4. The number of aliphatic carboxylic acids is 1. The number of amides is 3. The number of rotatable bonds is 16. The number of guanidine groups is 1. The zero-order valence-corrected chi connectivity index (χ0v) is 20.6. The minimum Gasteiger partial charge on any atom is -0.480 e. The molecule has 14 nitrogen and oxygen atoms in total. The second-order valence-electron chi connectivity index (χ2n) is 7.81. The molecule has 0 radical (unpaired) electrons. The van der Waals surface area contributed by atoms with Gasteiger partial charge in [0.2, 0.25) is 17.7 Å². The molecule has 0 aromatic carbocycles. The number of thioether (sulfide) groups is 1. The van der Waals surface area contributed by atoms with Crippen LogP contribution in [0.3, 0.4) is 0 Å². The molecule has 15 heteroatoms. The summed E-state index contributed by atoms with van der Waals surface area (Å²) >= 11 is 1.47. The van der Waals surface area contributed by atoms with Gasteiger partial charge in [-0.2, -0.15) is 11.8 Å². The van der Waals surface area contributed by atoms with Crippen LogP contribution in [-0.2, 0) is 25.6 Å². The maximum absolute atomic E-state index is 12.8. The third-order valence-corrected chi connectivity index (χ3v) is 5.54. The first kappa shape index (κ1) is 29.7. The zero-order valence-electron chi connectivity index (χ0n) is 19.8. The fraction of sp³-hybridized carbons (Fsp3) is 0.600. The van der Waals surface area contributed by atoms with Crippen LogP contribution in [0.4, 0.5) is 0 Å². The van der Waals surface area contributed by atoms with Gasteiger partial charge in [-0.3, -0.25) is 19.4 Å². The van der Waals surface area contributed by atoms with Crippen LogP contribution in [0.25, 0.3) is 0 Å². The summed E-state index contributed by atoms with van der Waals surface area (Å²) in [6, 6.07) is -4.05. The van der Waals surface area contributed by atoms with Gasteiger partial charge in [-0.25, -0.2) is 9.78 Å². The van der Waals surface area contributed by atoms with E-state index < -0.39 is 47.9 Å². The lowest BCUT2D eigenvalue weighted by molar-refractivity contribution is -0.142. The molecule has 1 heterocycles. The third kappa shape index (κ3) is 11.6. The maximum Gasteiger partial charge on any atom is 0.326 e. The van der Waals surface area contributed by atoms with Crippen molar-refractivity contribution in [1.29, 1.82) is 0 Å². The number of nitrogens with two attached hydrogens (primary N) is 3. The maximum atomic E-state index is 12.8. The van der Waals surface area contributed by atoms with Crippen LogP contribution in [0.15, 0.2) is 17.5 Å². The number of hydrogen-bond donors (Lipinski definition) is 8. The van der Waals surface area contributed by atoms with E-state index in [-0.39, 0.29) is 18.8 Å². The number of aromatic amines is 1. The number of hydrogen-bond acceptors (Lipinski definition) is 8. The number of nitrogens with zero attached hydrogens (tertiary/aromatic N) is 2. The Balaban J connectivity index is 2.69. The number of carboxylic acids is 1. The first-order valence-electron chi connectivity index (χ1n) is 11.0. The van der Waals surface area contributed by atoms with Crippen LogP contribution >= 0.6 is 11.8 Å². The van der Waals surface area contributed by atoms with E-state index in [0.29, 0.717) is 30.8 Å². The van der Waals surface area contributed by atoms with Gasteiger partial charge in [0.25, 0.3) is 0 Å². The molecular weight excluding hydrogens is 478 g/mol. The summed E-state index contributed by atoms with van der Waals surface area (Å²) in [7, 11) is 0. The quantitative estimate of drug-likeness (QED) is 0.0664. The highest BCUT2D eigenvalue weighted by molar-refractivity contribution is 7.98. The number of carbonyl (C=O) groups is 4. The molecule has 1 aromatic heterocycles. The Morgan fingerprint density at radius 2 is 1.80 bits per heavy atom. The molecule has 4 atom stereocenters. The standard InChI is InChI=1S/C20H35N9O5S/c1-11(27-17(31)13(21)4-3-6-25-20(22)23)16(30)28-14(5-7-35-2)18(32)29-15(19(33)34)8-12-9-24-10-26-12/h9-11,13-15H,3-8,21H2,1-2H3,(H,24,26)(H,27,31)(H,28,30)(H,29,32)(H,33,34)(H4,22,23,25). The van der Waals surface area contributed by atoms with Crippen molar-refractivity contribution in [3.8, 4) is 0 Å². The molecule has 0 bridgehead atoms. The van der Waals surface area contributed by atoms with Crippen molar-refractivity contribution in [3.05, 3.63) is 18.2 Å². The van der Waals surface area contributed by atoms with Crippen molar-refractivity contribution in [2.75, 3.05) is 18.6 Å². The average molecular weight is 514 g/mol. The van der Waals surface area contributed by atoms with Gasteiger partial charge >= 0.3 is 5.97 Å². The molecule has 4 unspecified atom stereocenters. The van der Waals surface area contributed by atoms with Gasteiger partial charge in [0.15, 0.2) is 5.96 Å². The molecule has 11 N–H and O–H groups in total. The summed E-state index contributed by atoms with van der Waals surface area (Å²) in [5, 5.41) is 17.0. The fourth-order valence-electron chi connectivity index (χ4n) is 2.93. The van der Waals surface area contributed by atoms with E-state index in [9.17, 15) is 24.3 Å². The summed E-state index contributed by atoms with van der Waals surface area (Å²) in [5.74, 6) is -2.52. The van der Waals surface area contributed by atoms with E-state index in [1.807, 2.05) is 6.26 Å². The fourth-order valence-corrected chi connectivity index (χ4v) is 3.40. The van der Waals surface area contributed by atoms with E-state index in [1.54, 1.807) is 0 Å². The molecule has 0 aliphatic rings. The topological polar surface area (TPSA) is 244 Å². The van der Waals surface area contributed by atoms with Crippen LogP contribution in [0, 0.1) is 0 Å². The van der Waals surface area contributed by atoms with E-state index in [2.05, 4.69) is 30.9 Å². The van der Waals surface area contributed by atoms with Crippen LogP contribution in [0.2, 0.25) is 0 Å². The van der Waals surface area contributed by atoms with Crippen molar-refractivity contribution in [2.24, 2.45) is 22.2 Å². The predicted molar refractivity (Wildman–Crippen MR) is 132 cm³/mol. The summed E-state index contributed by atoms with van der Waals surface area (Å²) in [5.41, 5.74) is 16.9. The lowest BCUT2D eigenvalue weighted by Crippen LogP contribution is -2.56. The molecular formula is C20H35N9O5S. The first-order valence-corrected chi connectivity index (χ1v) is 12.4. The number of aliphatic imine (C=N–C) groups is 1. The van der Waals surface area contributed by atoms with E-state index in [0.717, 1.165) is 0 Å². The van der Waals surface area contributed by atoms with Gasteiger partial charge in [-0.05, 0) is 38.2 Å². The predicted octanol–water partition coefficient (Wildman–Crippen LogP) is -2.35. The monoisotopic (exact) mass is 513 g/mol. The number of nitrogens with one attached hydrogen (secondary N) is 4. The summed E-state index contributed by atoms with van der Waals surface area (Å²) < 4.78 is 0. The van der Waals surface area contributed by atoms with Crippen molar-refractivity contribution in [1.82, 2.24) is 25.9 Å². The molecule has 35 heavy (non-hydrogen) atoms. The third-order valence-electron chi connectivity index (χ3n) is 4.89. The molecule has 0 aliphatic heterocycles. The second kappa shape index (κ2) is 15.5. The Labute approximate surface area is 207 Å². The highest BCUT2D eigenvalue weighted by Gasteiger charge is 2.29. The minimum absolute atomic E-state index is 0.00218. The molecule has 1 rings (SSSR count). The lowest BCUT2D eigenvalue weighted by Gasteiger charge is -2.23. The van der Waals surface area contributed by atoms with E-state index >= 15 is 0 Å². The first-order chi connectivity index (χ1) is 16.5. The Hall–Kier alpha value is -3.33. The van der Waals surface area contributed by atoms with Gasteiger partial charge in [0, 0.05) is 24.9 Å². The van der Waals surface area contributed by atoms with Crippen LogP contribution in [0.5, 0.6) is 0 Å². The van der Waals surface area contributed by atoms with Crippen molar-refractivity contribution >= 4 is 41.4 Å². The molecule has 0 spiro atoms. The Bertz CT molecular complexity index is 861. The number of carbonyl (C=O) groups excluding carboxylic acids is 3. The van der Waals surface area contributed by atoms with Crippen LogP contribution in [-0.4, -0.2) is 87.4 Å². The SMILES string of the molecule is CSCCC(NC(=O)C(C)NC(=O)C(N)CCCN=C(N)N)C(=O)NC(Cc1cnc[nH]1)C(=O)O. The number of imidazole rings is 1. The van der Waals surface area contributed by atoms with Crippen molar-refractivity contribution < 1.29 is 24.3 Å². The van der Waals surface area contributed by atoms with Crippen LogP contribution in [0.1, 0.15) is 31.9 Å². The molecule has 196 valence electrons. The van der Waals surface area contributed by atoms with Gasteiger partial charge in [-0.1, -0.05) is 0 Å². The molecule has 0 aliphatic carbocycles. The van der Waals surface area contributed by atoms with Crippen molar-refractivity contribution in [3.63, 3.8) is 0 Å². The van der Waals surface area contributed by atoms with E-state index in [1.165, 1.54) is 31.2 Å². The molecule has 0 fully saturated rings. The van der Waals surface area contributed by atoms with Gasteiger partial charge in [0.05, 0.1) is 12.4 Å². The highest BCUT2D eigenvalue weighted by atomic mass is 32.2. The molecule has 3 amide bonds. The molecule has 1 aromatic rings. The summed E-state index contributed by atoms with van der Waals surface area (Å²) in [6.45, 7) is 1.78. The number of carboxylic acid groups (broad SMARTS) is 1. The number of H-pyrrole nitrogens is 1. The Kier molecular flexibility index (Phi) is 13.2. The lowest BCUT2D eigenvalue weighted by atomic mass is 10.1. The second-order valence-corrected chi connectivity index (χ2v) is 8.79. The van der Waals surface area contributed by atoms with Gasteiger partial charge in [-0.15, -0.1) is 0 Å². The van der Waals surface area contributed by atoms with E-state index in [4.69, 9.17) is 17.2 Å². The Morgan fingerprint density at radius 1 is 1.11 bits per heavy atom. The molecule has 0 saturated heterocycles. The van der Waals surface area contributed by atoms with Gasteiger partial charge in [0.1, 0.15) is 18.1 Å². The molecule has 0 saturated carbocycles. The average Bonchev–Trinajstić information content (AvgIpc) is 3.31. The Morgan fingerprint density at radius 3 is 2.37 bits per heavy atom. The highest BCUT2D eigenvalue weighted by Crippen LogP contribution is 2.05. The van der Waals surface area contributed by atoms with Gasteiger partial charge < -0.3 is 43.2 Å². The smallest absolute Gasteiger partial charge is 0.326 e. The largest absolute Gasteiger partial charge is 0.480 e. The number of aromatic nitrogens is 2.